The number of piperidine rings is 1. The molecule has 1 saturated heterocycles. The lowest BCUT2D eigenvalue weighted by Crippen LogP contribution is -2.41. The van der Waals surface area contributed by atoms with Gasteiger partial charge in [0.25, 0.3) is 0 Å². The van der Waals surface area contributed by atoms with Gasteiger partial charge in [-0.15, -0.1) is 0 Å². The molecule has 0 aromatic heterocycles. The van der Waals surface area contributed by atoms with Crippen molar-refractivity contribution in [3.63, 3.8) is 0 Å². The molecule has 2 aliphatic heterocycles. The summed E-state index contributed by atoms with van der Waals surface area (Å²) in [6.45, 7) is 2.72. The van der Waals surface area contributed by atoms with Crippen molar-refractivity contribution in [3.05, 3.63) is 12.2 Å². The van der Waals surface area contributed by atoms with Crippen LogP contribution in [0.2, 0.25) is 0 Å². The molecule has 1 fully saturated rings. The molecule has 2 heterocycles. The van der Waals surface area contributed by atoms with E-state index >= 15 is 0 Å². The molecule has 0 radical (unpaired) electrons. The van der Waals surface area contributed by atoms with E-state index in [9.17, 15) is 5.11 Å². The van der Waals surface area contributed by atoms with Gasteiger partial charge in [0.15, 0.2) is 0 Å². The number of nitrogens with zero attached hydrogens (tertiary/aromatic N) is 3. The Hall–Kier alpha value is -1.03. The lowest BCUT2D eigenvalue weighted by atomic mass is 10.1. The Kier molecular flexibility index (Phi) is 2.72. The third-order valence-electron chi connectivity index (χ3n) is 2.70. The van der Waals surface area contributed by atoms with Gasteiger partial charge in [0.1, 0.15) is 5.84 Å². The fourth-order valence-electron chi connectivity index (χ4n) is 1.82. The van der Waals surface area contributed by atoms with Crippen molar-refractivity contribution < 1.29 is 5.11 Å². The first-order chi connectivity index (χ1) is 6.75. The molecule has 2 rings (SSSR count). The molecular formula is C10H17N3O. The first-order valence-corrected chi connectivity index (χ1v) is 5.15. The van der Waals surface area contributed by atoms with E-state index in [1.807, 2.05) is 12.1 Å². The van der Waals surface area contributed by atoms with Crippen LogP contribution >= 0.6 is 0 Å². The van der Waals surface area contributed by atoms with Crippen LogP contribution in [0.3, 0.4) is 0 Å². The average Bonchev–Trinajstić information content (AvgIpc) is 2.19. The zero-order valence-corrected chi connectivity index (χ0v) is 8.56. The van der Waals surface area contributed by atoms with Gasteiger partial charge in [-0.1, -0.05) is 6.08 Å². The second kappa shape index (κ2) is 4.00. The summed E-state index contributed by atoms with van der Waals surface area (Å²) in [5, 5.41) is 15.8. The van der Waals surface area contributed by atoms with E-state index in [2.05, 4.69) is 22.2 Å². The fourth-order valence-corrected chi connectivity index (χ4v) is 1.82. The Morgan fingerprint density at radius 1 is 1.43 bits per heavy atom. The molecule has 2 aliphatic rings. The summed E-state index contributed by atoms with van der Waals surface area (Å²) in [7, 11) is 1.97. The molecule has 4 heteroatoms. The minimum Gasteiger partial charge on any atom is -0.393 e. The Morgan fingerprint density at radius 2 is 2.14 bits per heavy atom. The quantitative estimate of drug-likeness (QED) is 0.602. The van der Waals surface area contributed by atoms with Crippen LogP contribution < -0.4 is 0 Å². The Labute approximate surface area is 84.5 Å². The molecule has 0 saturated carbocycles. The summed E-state index contributed by atoms with van der Waals surface area (Å²) in [6, 6.07) is 0. The van der Waals surface area contributed by atoms with E-state index in [1.165, 1.54) is 0 Å². The van der Waals surface area contributed by atoms with Crippen molar-refractivity contribution >= 4 is 5.84 Å². The number of likely N-dealkylation sites (tertiary alicyclic amines) is 1. The largest absolute Gasteiger partial charge is 0.393 e. The molecule has 0 aromatic rings. The van der Waals surface area contributed by atoms with Crippen molar-refractivity contribution in [2.45, 2.75) is 18.9 Å². The normalized spacial score (nSPS) is 24.0. The number of aliphatic hydroxyl groups excluding tert-OH is 1. The third-order valence-corrected chi connectivity index (χ3v) is 2.70. The van der Waals surface area contributed by atoms with E-state index in [-0.39, 0.29) is 6.10 Å². The van der Waals surface area contributed by atoms with Crippen LogP contribution in [0.4, 0.5) is 0 Å². The summed E-state index contributed by atoms with van der Waals surface area (Å²) >= 11 is 0. The van der Waals surface area contributed by atoms with Gasteiger partial charge in [-0.05, 0) is 18.9 Å². The monoisotopic (exact) mass is 195 g/mol. The van der Waals surface area contributed by atoms with E-state index in [4.69, 9.17) is 0 Å². The summed E-state index contributed by atoms with van der Waals surface area (Å²) in [5.74, 6) is 1.03. The highest BCUT2D eigenvalue weighted by Gasteiger charge is 2.19. The van der Waals surface area contributed by atoms with Gasteiger partial charge in [0.05, 0.1) is 12.6 Å². The van der Waals surface area contributed by atoms with Gasteiger partial charge in [-0.3, -0.25) is 5.01 Å². The fraction of sp³-hybridized carbons (Fsp3) is 0.700. The van der Waals surface area contributed by atoms with Crippen molar-refractivity contribution in [2.24, 2.45) is 5.10 Å². The second-order valence-corrected chi connectivity index (χ2v) is 3.92. The van der Waals surface area contributed by atoms with Gasteiger partial charge >= 0.3 is 0 Å². The topological polar surface area (TPSA) is 39.1 Å². The molecule has 1 N–H and O–H groups in total. The van der Waals surface area contributed by atoms with Gasteiger partial charge < -0.3 is 10.0 Å². The van der Waals surface area contributed by atoms with Gasteiger partial charge in [-0.25, -0.2) is 0 Å². The molecule has 0 spiro atoms. The van der Waals surface area contributed by atoms with Crippen LogP contribution in [0.5, 0.6) is 0 Å². The summed E-state index contributed by atoms with van der Waals surface area (Å²) in [6.07, 6.45) is 5.79. The Morgan fingerprint density at radius 3 is 2.79 bits per heavy atom. The minimum absolute atomic E-state index is 0.114. The lowest BCUT2D eigenvalue weighted by Gasteiger charge is -2.32. The number of hydrogen-bond acceptors (Lipinski definition) is 4. The number of rotatable bonds is 0. The Balaban J connectivity index is 1.98. The van der Waals surface area contributed by atoms with E-state index < -0.39 is 0 Å². The maximum atomic E-state index is 9.38. The molecular weight excluding hydrogens is 178 g/mol. The molecule has 0 aromatic carbocycles. The first kappa shape index (κ1) is 9.52. The first-order valence-electron chi connectivity index (χ1n) is 5.15. The van der Waals surface area contributed by atoms with Crippen LogP contribution in [0, 0.1) is 0 Å². The SMILES string of the molecule is CN1CC=CC(N2CCC(O)CC2)=N1. The van der Waals surface area contributed by atoms with E-state index in [0.29, 0.717) is 0 Å². The zero-order valence-electron chi connectivity index (χ0n) is 8.56. The van der Waals surface area contributed by atoms with Gasteiger partial charge in [0, 0.05) is 20.1 Å². The average molecular weight is 195 g/mol. The molecule has 78 valence electrons. The third kappa shape index (κ3) is 2.07. The smallest absolute Gasteiger partial charge is 0.148 e. The maximum absolute atomic E-state index is 9.38. The molecule has 0 bridgehead atoms. The van der Waals surface area contributed by atoms with Crippen molar-refractivity contribution in [2.75, 3.05) is 26.7 Å². The molecule has 0 atom stereocenters. The van der Waals surface area contributed by atoms with Gasteiger partial charge in [0.2, 0.25) is 0 Å². The van der Waals surface area contributed by atoms with E-state index in [1.54, 1.807) is 0 Å². The second-order valence-electron chi connectivity index (χ2n) is 3.92. The highest BCUT2D eigenvalue weighted by molar-refractivity contribution is 5.93. The predicted octanol–water partition coefficient (Wildman–Crippen LogP) is 0.258. The number of amidine groups is 1. The highest BCUT2D eigenvalue weighted by atomic mass is 16.3. The molecule has 14 heavy (non-hydrogen) atoms. The summed E-state index contributed by atoms with van der Waals surface area (Å²) < 4.78 is 0. The van der Waals surface area contributed by atoms with Crippen molar-refractivity contribution in [3.8, 4) is 0 Å². The zero-order chi connectivity index (χ0) is 9.97. The molecule has 4 nitrogen and oxygen atoms in total. The number of aliphatic hydroxyl groups is 1. The predicted molar refractivity (Wildman–Crippen MR) is 56.0 cm³/mol. The number of likely N-dealkylation sites (N-methyl/N-ethyl adjacent to an activating group) is 1. The minimum atomic E-state index is -0.114. The molecule has 0 amide bonds. The van der Waals surface area contributed by atoms with Crippen molar-refractivity contribution in [1.29, 1.82) is 0 Å². The highest BCUT2D eigenvalue weighted by Crippen LogP contribution is 2.12. The van der Waals surface area contributed by atoms with Gasteiger partial charge in [-0.2, -0.15) is 5.10 Å². The van der Waals surface area contributed by atoms with Crippen molar-refractivity contribution in [1.82, 2.24) is 9.91 Å². The number of hydrogen-bond donors (Lipinski definition) is 1. The van der Waals surface area contributed by atoms with Crippen LogP contribution in [0.25, 0.3) is 0 Å². The summed E-state index contributed by atoms with van der Waals surface area (Å²) in [4.78, 5) is 2.24. The lowest BCUT2D eigenvalue weighted by molar-refractivity contribution is 0.108. The molecule has 0 unspecified atom stereocenters. The van der Waals surface area contributed by atoms with E-state index in [0.717, 1.165) is 38.3 Å². The van der Waals surface area contributed by atoms with Crippen LogP contribution in [-0.2, 0) is 0 Å². The number of hydrazone groups is 1. The summed E-state index contributed by atoms with van der Waals surface area (Å²) in [5.41, 5.74) is 0. The van der Waals surface area contributed by atoms with Crippen LogP contribution in [0.15, 0.2) is 17.3 Å². The maximum Gasteiger partial charge on any atom is 0.148 e. The Bertz CT molecular complexity index is 254. The standard InChI is InChI=1S/C10H17N3O/c1-12-6-2-3-10(11-12)13-7-4-9(14)5-8-13/h2-3,9,14H,4-8H2,1H3. The van der Waals surface area contributed by atoms with Crippen LogP contribution in [0.1, 0.15) is 12.8 Å². The van der Waals surface area contributed by atoms with Crippen LogP contribution in [-0.4, -0.2) is 53.6 Å². The molecule has 0 aliphatic carbocycles.